The van der Waals surface area contributed by atoms with Crippen molar-refractivity contribution < 1.29 is 4.79 Å². The second-order valence-corrected chi connectivity index (χ2v) is 7.34. The lowest BCUT2D eigenvalue weighted by atomic mass is 9.78. The van der Waals surface area contributed by atoms with Crippen LogP contribution in [0.15, 0.2) is 49.1 Å². The number of hydrogen-bond acceptors (Lipinski definition) is 3. The summed E-state index contributed by atoms with van der Waals surface area (Å²) in [5.41, 5.74) is 4.01. The van der Waals surface area contributed by atoms with Gasteiger partial charge in [0.15, 0.2) is 11.3 Å². The van der Waals surface area contributed by atoms with Crippen LogP contribution in [-0.4, -0.2) is 37.8 Å². The Morgan fingerprint density at radius 3 is 2.81 bits per heavy atom. The van der Waals surface area contributed by atoms with Crippen LogP contribution in [0, 0.1) is 0 Å². The molecule has 1 aromatic carbocycles. The molecule has 1 aliphatic carbocycles. The lowest BCUT2D eigenvalue weighted by Gasteiger charge is -2.35. The third-order valence-corrected chi connectivity index (χ3v) is 5.95. The highest BCUT2D eigenvalue weighted by atomic mass is 16.2. The van der Waals surface area contributed by atoms with Crippen LogP contribution in [0.5, 0.6) is 0 Å². The van der Waals surface area contributed by atoms with Gasteiger partial charge in [0.1, 0.15) is 0 Å². The van der Waals surface area contributed by atoms with E-state index in [9.17, 15) is 4.79 Å². The van der Waals surface area contributed by atoms with Gasteiger partial charge in [0, 0.05) is 43.3 Å². The van der Waals surface area contributed by atoms with Crippen molar-refractivity contribution in [2.45, 2.75) is 44.1 Å². The minimum absolute atomic E-state index is 0.0207. The fourth-order valence-corrected chi connectivity index (χ4v) is 4.80. The number of carbonyl (C=O) groups excluding carboxylic acids is 1. The molecule has 5 rings (SSSR count). The molecular formula is C21H22N4O. The normalized spacial score (nSPS) is 22.5. The second kappa shape index (κ2) is 6.24. The van der Waals surface area contributed by atoms with E-state index in [0.717, 1.165) is 32.2 Å². The highest BCUT2D eigenvalue weighted by molar-refractivity contribution is 5.98. The molecule has 0 radical (unpaired) electrons. The molecule has 5 heteroatoms. The number of amides is 1. The molecule has 26 heavy (non-hydrogen) atoms. The molecule has 1 aliphatic heterocycles. The quantitative estimate of drug-likeness (QED) is 0.714. The Hall–Kier alpha value is -2.69. The molecule has 1 saturated heterocycles. The average Bonchev–Trinajstić information content (AvgIpc) is 3.36. The van der Waals surface area contributed by atoms with Crippen molar-refractivity contribution in [2.24, 2.45) is 0 Å². The molecule has 5 nitrogen and oxygen atoms in total. The molecule has 2 atom stereocenters. The molecule has 0 saturated carbocycles. The molecule has 1 fully saturated rings. The van der Waals surface area contributed by atoms with Crippen LogP contribution in [0.3, 0.4) is 0 Å². The zero-order chi connectivity index (χ0) is 17.5. The van der Waals surface area contributed by atoms with Crippen LogP contribution < -0.4 is 0 Å². The predicted octanol–water partition coefficient (Wildman–Crippen LogP) is 3.45. The third-order valence-electron chi connectivity index (χ3n) is 5.95. The Morgan fingerprint density at radius 1 is 1.04 bits per heavy atom. The van der Waals surface area contributed by atoms with E-state index in [1.165, 1.54) is 17.5 Å². The summed E-state index contributed by atoms with van der Waals surface area (Å²) < 4.78 is 1.86. The summed E-state index contributed by atoms with van der Waals surface area (Å²) in [4.78, 5) is 24.1. The molecule has 2 aromatic heterocycles. The van der Waals surface area contributed by atoms with Crippen LogP contribution in [0.25, 0.3) is 5.65 Å². The van der Waals surface area contributed by atoms with Crippen molar-refractivity contribution in [1.29, 1.82) is 0 Å². The minimum Gasteiger partial charge on any atom is -0.334 e. The first-order chi connectivity index (χ1) is 12.8. The number of imidazole rings is 1. The van der Waals surface area contributed by atoms with E-state index in [1.807, 2.05) is 16.8 Å². The number of aromatic nitrogens is 3. The topological polar surface area (TPSA) is 50.5 Å². The summed E-state index contributed by atoms with van der Waals surface area (Å²) in [6.07, 6.45) is 12.7. The van der Waals surface area contributed by atoms with E-state index in [0.29, 0.717) is 17.3 Å². The number of carbonyl (C=O) groups is 1. The van der Waals surface area contributed by atoms with Crippen LogP contribution >= 0.6 is 0 Å². The third kappa shape index (κ3) is 2.42. The van der Waals surface area contributed by atoms with E-state index in [-0.39, 0.29) is 11.9 Å². The van der Waals surface area contributed by atoms with Gasteiger partial charge < -0.3 is 9.30 Å². The number of benzene rings is 1. The highest BCUT2D eigenvalue weighted by Crippen LogP contribution is 2.40. The Labute approximate surface area is 152 Å². The lowest BCUT2D eigenvalue weighted by molar-refractivity contribution is 0.0706. The van der Waals surface area contributed by atoms with E-state index in [4.69, 9.17) is 0 Å². The van der Waals surface area contributed by atoms with Gasteiger partial charge >= 0.3 is 0 Å². The van der Waals surface area contributed by atoms with Crippen molar-refractivity contribution in [3.63, 3.8) is 0 Å². The summed E-state index contributed by atoms with van der Waals surface area (Å²) in [6, 6.07) is 9.02. The molecular weight excluding hydrogens is 324 g/mol. The van der Waals surface area contributed by atoms with E-state index >= 15 is 0 Å². The maximum atomic E-state index is 13.3. The molecule has 1 amide bonds. The number of nitrogens with zero attached hydrogens (tertiary/aromatic N) is 4. The minimum atomic E-state index is 0.0207. The van der Waals surface area contributed by atoms with Gasteiger partial charge in [0.05, 0.1) is 0 Å². The molecule has 3 aromatic rings. The SMILES string of the molecule is O=C(c1nccn2ccnc12)N1CCCC1C1CCCc2ccccc21. The first kappa shape index (κ1) is 15.6. The Bertz CT molecular complexity index is 963. The second-order valence-electron chi connectivity index (χ2n) is 7.34. The van der Waals surface area contributed by atoms with Crippen LogP contribution in [0.1, 0.15) is 53.2 Å². The summed E-state index contributed by atoms with van der Waals surface area (Å²) in [6.45, 7) is 0.811. The van der Waals surface area contributed by atoms with Gasteiger partial charge in [-0.3, -0.25) is 4.79 Å². The Morgan fingerprint density at radius 2 is 1.88 bits per heavy atom. The summed E-state index contributed by atoms with van der Waals surface area (Å²) in [7, 11) is 0. The van der Waals surface area contributed by atoms with Crippen molar-refractivity contribution >= 4 is 11.6 Å². The molecule has 2 aliphatic rings. The largest absolute Gasteiger partial charge is 0.334 e. The summed E-state index contributed by atoms with van der Waals surface area (Å²) in [5.74, 6) is 0.457. The standard InChI is InChI=1S/C21H22N4O/c26-21(19-20-23-11-14-24(20)13-10-22-19)25-12-4-9-18(25)17-8-3-6-15-5-1-2-7-16(15)17/h1-2,5,7,10-11,13-14,17-18H,3-4,6,8-9,12H2. The van der Waals surface area contributed by atoms with Gasteiger partial charge in [0.2, 0.25) is 0 Å². The molecule has 0 bridgehead atoms. The summed E-state index contributed by atoms with van der Waals surface area (Å²) >= 11 is 0. The first-order valence-corrected chi connectivity index (χ1v) is 9.49. The van der Waals surface area contributed by atoms with E-state index in [1.54, 1.807) is 12.4 Å². The van der Waals surface area contributed by atoms with Gasteiger partial charge in [-0.25, -0.2) is 9.97 Å². The number of fused-ring (bicyclic) bond motifs is 2. The maximum absolute atomic E-state index is 13.3. The van der Waals surface area contributed by atoms with Gasteiger partial charge in [-0.05, 0) is 43.2 Å². The smallest absolute Gasteiger partial charge is 0.276 e. The average molecular weight is 346 g/mol. The molecule has 132 valence electrons. The monoisotopic (exact) mass is 346 g/mol. The predicted molar refractivity (Wildman–Crippen MR) is 99.2 cm³/mol. The highest BCUT2D eigenvalue weighted by Gasteiger charge is 2.38. The Kier molecular flexibility index (Phi) is 3.73. The molecule has 0 spiro atoms. The molecule has 2 unspecified atom stereocenters. The maximum Gasteiger partial charge on any atom is 0.276 e. The number of rotatable bonds is 2. The van der Waals surface area contributed by atoms with Crippen molar-refractivity contribution in [2.75, 3.05) is 6.54 Å². The van der Waals surface area contributed by atoms with Crippen LogP contribution in [0.4, 0.5) is 0 Å². The number of aryl methyl sites for hydroxylation is 1. The fraction of sp³-hybridized carbons (Fsp3) is 0.381. The molecule has 0 N–H and O–H groups in total. The van der Waals surface area contributed by atoms with E-state index in [2.05, 4.69) is 39.1 Å². The van der Waals surface area contributed by atoms with Crippen LogP contribution in [-0.2, 0) is 6.42 Å². The Balaban J connectivity index is 1.50. The zero-order valence-electron chi connectivity index (χ0n) is 14.7. The first-order valence-electron chi connectivity index (χ1n) is 9.49. The zero-order valence-corrected chi connectivity index (χ0v) is 14.7. The van der Waals surface area contributed by atoms with Gasteiger partial charge in [0.25, 0.3) is 5.91 Å². The number of likely N-dealkylation sites (tertiary alicyclic amines) is 1. The van der Waals surface area contributed by atoms with Gasteiger partial charge in [-0.2, -0.15) is 0 Å². The van der Waals surface area contributed by atoms with Crippen molar-refractivity contribution in [3.05, 3.63) is 65.9 Å². The van der Waals surface area contributed by atoms with Crippen LogP contribution in [0.2, 0.25) is 0 Å². The van der Waals surface area contributed by atoms with E-state index < -0.39 is 0 Å². The van der Waals surface area contributed by atoms with Crippen molar-refractivity contribution in [3.8, 4) is 0 Å². The van der Waals surface area contributed by atoms with Gasteiger partial charge in [-0.15, -0.1) is 0 Å². The van der Waals surface area contributed by atoms with Gasteiger partial charge in [-0.1, -0.05) is 24.3 Å². The number of hydrogen-bond donors (Lipinski definition) is 0. The molecule has 3 heterocycles. The summed E-state index contributed by atoms with van der Waals surface area (Å²) in [5, 5.41) is 0. The van der Waals surface area contributed by atoms with Crippen molar-refractivity contribution in [1.82, 2.24) is 19.3 Å². The lowest BCUT2D eigenvalue weighted by Crippen LogP contribution is -2.40. The fourth-order valence-electron chi connectivity index (χ4n) is 4.80.